The van der Waals surface area contributed by atoms with Crippen LogP contribution in [0.1, 0.15) is 0 Å². The van der Waals surface area contributed by atoms with Crippen LogP contribution < -0.4 is 0 Å². The van der Waals surface area contributed by atoms with E-state index in [0.717, 1.165) is 0 Å². The van der Waals surface area contributed by atoms with E-state index in [4.69, 9.17) is 0 Å². The summed E-state index contributed by atoms with van der Waals surface area (Å²) in [5, 5.41) is 7.67. The summed E-state index contributed by atoms with van der Waals surface area (Å²) in [7, 11) is 0. The Bertz CT molecular complexity index is 2420. The molecule has 0 aliphatic rings. The van der Waals surface area contributed by atoms with Gasteiger partial charge in [-0.25, -0.2) is 0 Å². The lowest BCUT2D eigenvalue weighted by Crippen LogP contribution is -1.94. The molecule has 2 nitrogen and oxygen atoms in total. The number of aromatic nitrogens is 2. The van der Waals surface area contributed by atoms with E-state index < -0.39 is 0 Å². The number of fused-ring (bicyclic) bond motifs is 12. The van der Waals surface area contributed by atoms with Crippen LogP contribution in [0.25, 0.3) is 76.7 Å². The first kappa shape index (κ1) is 21.6. The zero-order chi connectivity index (χ0) is 26.2. The van der Waals surface area contributed by atoms with Crippen LogP contribution in [0.4, 0.5) is 0 Å². The van der Waals surface area contributed by atoms with Crippen molar-refractivity contribution in [2.75, 3.05) is 0 Å². The lowest BCUT2D eigenvalue weighted by Gasteiger charge is -2.11. The van der Waals surface area contributed by atoms with Gasteiger partial charge >= 0.3 is 0 Å². The van der Waals surface area contributed by atoms with Crippen molar-refractivity contribution in [2.24, 2.45) is 0 Å². The van der Waals surface area contributed by atoms with Gasteiger partial charge in [0.2, 0.25) is 0 Å². The standard InChI is InChI=1S/C38H24N2/c1-2-11-25(12-3-1)26-13-10-14-28(23-26)39-34-20-9-7-18-32(34)37-35(39)22-21-27-24-36-31-17-5-4-15-29(31)30-16-6-8-19-33(30)40(36)38(27)37/h1-24H. The largest absolute Gasteiger partial charge is 0.309 e. The van der Waals surface area contributed by atoms with E-state index in [1.54, 1.807) is 0 Å². The van der Waals surface area contributed by atoms with Crippen molar-refractivity contribution in [3.8, 4) is 16.8 Å². The first-order valence-electron chi connectivity index (χ1n) is 13.8. The van der Waals surface area contributed by atoms with Gasteiger partial charge in [0.05, 0.1) is 27.6 Å². The summed E-state index contributed by atoms with van der Waals surface area (Å²) in [6.07, 6.45) is 0. The molecule has 0 bridgehead atoms. The molecular weight excluding hydrogens is 484 g/mol. The molecule has 3 aromatic heterocycles. The molecule has 0 amide bonds. The number of hydrogen-bond acceptors (Lipinski definition) is 0. The minimum absolute atomic E-state index is 1.17. The van der Waals surface area contributed by atoms with Crippen molar-refractivity contribution in [1.29, 1.82) is 0 Å². The number of rotatable bonds is 2. The highest BCUT2D eigenvalue weighted by Crippen LogP contribution is 2.41. The third-order valence-corrected chi connectivity index (χ3v) is 8.45. The Morgan fingerprint density at radius 3 is 1.85 bits per heavy atom. The monoisotopic (exact) mass is 508 g/mol. The van der Waals surface area contributed by atoms with Gasteiger partial charge < -0.3 is 8.97 Å². The van der Waals surface area contributed by atoms with Crippen molar-refractivity contribution < 1.29 is 0 Å². The highest BCUT2D eigenvalue weighted by molar-refractivity contribution is 6.24. The van der Waals surface area contributed by atoms with Gasteiger partial charge in [0.25, 0.3) is 0 Å². The van der Waals surface area contributed by atoms with Crippen LogP contribution in [0.2, 0.25) is 0 Å². The second kappa shape index (κ2) is 8.08. The van der Waals surface area contributed by atoms with Gasteiger partial charge in [0.15, 0.2) is 0 Å². The minimum atomic E-state index is 1.17. The first-order valence-corrected chi connectivity index (χ1v) is 13.8. The topological polar surface area (TPSA) is 9.34 Å². The Morgan fingerprint density at radius 1 is 0.375 bits per heavy atom. The summed E-state index contributed by atoms with van der Waals surface area (Å²) in [6.45, 7) is 0. The zero-order valence-electron chi connectivity index (χ0n) is 21.8. The second-order valence-electron chi connectivity index (χ2n) is 10.6. The fourth-order valence-electron chi connectivity index (χ4n) is 6.77. The van der Waals surface area contributed by atoms with Gasteiger partial charge in [-0.15, -0.1) is 0 Å². The van der Waals surface area contributed by atoms with Crippen molar-refractivity contribution >= 4 is 59.9 Å². The minimum Gasteiger partial charge on any atom is -0.309 e. The van der Waals surface area contributed by atoms with Gasteiger partial charge in [0.1, 0.15) is 0 Å². The van der Waals surface area contributed by atoms with E-state index in [-0.39, 0.29) is 0 Å². The van der Waals surface area contributed by atoms with Crippen LogP contribution in [0.15, 0.2) is 146 Å². The molecule has 0 aliphatic heterocycles. The van der Waals surface area contributed by atoms with Crippen LogP contribution in [0.3, 0.4) is 0 Å². The number of para-hydroxylation sites is 2. The van der Waals surface area contributed by atoms with Crippen LogP contribution in [-0.2, 0) is 0 Å². The molecule has 0 radical (unpaired) electrons. The summed E-state index contributed by atoms with van der Waals surface area (Å²) in [5.41, 5.74) is 9.80. The SMILES string of the molecule is c1ccc(-c2cccc(-n3c4ccccc4c4c3ccc3cc5c6ccccc6c6ccccc6n5c34)c2)cc1. The van der Waals surface area contributed by atoms with Crippen LogP contribution in [0.5, 0.6) is 0 Å². The van der Waals surface area contributed by atoms with E-state index in [0.29, 0.717) is 0 Å². The molecule has 0 atom stereocenters. The van der Waals surface area contributed by atoms with Gasteiger partial charge in [0, 0.05) is 32.6 Å². The summed E-state index contributed by atoms with van der Waals surface area (Å²) in [4.78, 5) is 0. The predicted octanol–water partition coefficient (Wildman–Crippen LogP) is 10.2. The number of pyridine rings is 1. The number of hydrogen-bond donors (Lipinski definition) is 0. The Balaban J connectivity index is 1.47. The smallest absolute Gasteiger partial charge is 0.0635 e. The third-order valence-electron chi connectivity index (χ3n) is 8.45. The Labute approximate surface area is 230 Å². The van der Waals surface area contributed by atoms with Gasteiger partial charge in [-0.3, -0.25) is 0 Å². The van der Waals surface area contributed by atoms with Crippen LogP contribution >= 0.6 is 0 Å². The molecular formula is C38H24N2. The lowest BCUT2D eigenvalue weighted by atomic mass is 10.1. The highest BCUT2D eigenvalue weighted by Gasteiger charge is 2.19. The maximum Gasteiger partial charge on any atom is 0.0635 e. The molecule has 0 aliphatic carbocycles. The summed E-state index contributed by atoms with van der Waals surface area (Å²) in [5.74, 6) is 0. The Kier molecular flexibility index (Phi) is 4.36. The van der Waals surface area contributed by atoms with E-state index in [1.165, 1.54) is 76.7 Å². The maximum atomic E-state index is 2.49. The maximum absolute atomic E-state index is 2.49. The molecule has 0 saturated heterocycles. The van der Waals surface area contributed by atoms with E-state index >= 15 is 0 Å². The average molecular weight is 509 g/mol. The quantitative estimate of drug-likeness (QED) is 0.206. The number of nitrogens with zero attached hydrogens (tertiary/aromatic N) is 2. The molecule has 40 heavy (non-hydrogen) atoms. The van der Waals surface area contributed by atoms with Gasteiger partial charge in [-0.2, -0.15) is 0 Å². The molecule has 0 unspecified atom stereocenters. The van der Waals surface area contributed by atoms with Crippen molar-refractivity contribution in [3.05, 3.63) is 146 Å². The fourth-order valence-corrected chi connectivity index (χ4v) is 6.77. The first-order chi connectivity index (χ1) is 19.9. The molecule has 9 rings (SSSR count). The zero-order valence-corrected chi connectivity index (χ0v) is 21.8. The van der Waals surface area contributed by atoms with Crippen LogP contribution in [0, 0.1) is 0 Å². The number of benzene rings is 6. The molecule has 2 heteroatoms. The Morgan fingerprint density at radius 2 is 1.02 bits per heavy atom. The molecule has 3 heterocycles. The van der Waals surface area contributed by atoms with Gasteiger partial charge in [-0.1, -0.05) is 109 Å². The van der Waals surface area contributed by atoms with E-state index in [2.05, 4.69) is 155 Å². The second-order valence-corrected chi connectivity index (χ2v) is 10.6. The van der Waals surface area contributed by atoms with Crippen molar-refractivity contribution in [1.82, 2.24) is 8.97 Å². The predicted molar refractivity (Wildman–Crippen MR) is 170 cm³/mol. The molecule has 186 valence electrons. The molecule has 6 aromatic carbocycles. The molecule has 0 N–H and O–H groups in total. The molecule has 0 spiro atoms. The van der Waals surface area contributed by atoms with Crippen molar-refractivity contribution in [2.45, 2.75) is 0 Å². The summed E-state index contributed by atoms with van der Waals surface area (Å²) in [6, 6.07) is 52.9. The Hall–Kier alpha value is -5.34. The van der Waals surface area contributed by atoms with E-state index in [9.17, 15) is 0 Å². The van der Waals surface area contributed by atoms with Crippen molar-refractivity contribution in [3.63, 3.8) is 0 Å². The van der Waals surface area contributed by atoms with E-state index in [1.807, 2.05) is 0 Å². The summed E-state index contributed by atoms with van der Waals surface area (Å²) >= 11 is 0. The van der Waals surface area contributed by atoms with Crippen LogP contribution in [-0.4, -0.2) is 8.97 Å². The average Bonchev–Trinajstić information content (AvgIpc) is 3.58. The summed E-state index contributed by atoms with van der Waals surface area (Å²) < 4.78 is 4.92. The van der Waals surface area contributed by atoms with Gasteiger partial charge in [-0.05, 0) is 52.9 Å². The lowest BCUT2D eigenvalue weighted by molar-refractivity contribution is 1.18. The molecule has 0 fully saturated rings. The fraction of sp³-hybridized carbons (Fsp3) is 0. The molecule has 9 aromatic rings. The molecule has 0 saturated carbocycles. The highest BCUT2D eigenvalue weighted by atomic mass is 15.0. The normalized spacial score (nSPS) is 12.0. The third kappa shape index (κ3) is 2.88.